The SMILES string of the molecule is CC(C)(CCCNCc1cc(F)ccc1F)C(N)=NO. The molecule has 1 aromatic rings. The van der Waals surface area contributed by atoms with E-state index in [-0.39, 0.29) is 17.8 Å². The molecular weight excluding hydrogens is 264 g/mol. The molecular formula is C14H21F2N3O. The van der Waals surface area contributed by atoms with Crippen molar-refractivity contribution in [1.82, 2.24) is 5.32 Å². The van der Waals surface area contributed by atoms with Crippen molar-refractivity contribution >= 4 is 5.84 Å². The number of rotatable bonds is 7. The normalized spacial score (nSPS) is 12.7. The fourth-order valence-electron chi connectivity index (χ4n) is 1.82. The van der Waals surface area contributed by atoms with Crippen LogP contribution in [0.15, 0.2) is 23.4 Å². The van der Waals surface area contributed by atoms with Crippen molar-refractivity contribution in [2.75, 3.05) is 6.54 Å². The average Bonchev–Trinajstić information content (AvgIpc) is 2.41. The summed E-state index contributed by atoms with van der Waals surface area (Å²) in [5, 5.41) is 14.7. The summed E-state index contributed by atoms with van der Waals surface area (Å²) < 4.78 is 26.3. The first-order valence-corrected chi connectivity index (χ1v) is 6.49. The molecule has 20 heavy (non-hydrogen) atoms. The number of nitrogens with two attached hydrogens (primary N) is 1. The lowest BCUT2D eigenvalue weighted by Gasteiger charge is -2.22. The maximum atomic E-state index is 13.4. The van der Waals surface area contributed by atoms with E-state index < -0.39 is 11.6 Å². The molecule has 0 heterocycles. The molecule has 4 nitrogen and oxygen atoms in total. The van der Waals surface area contributed by atoms with E-state index in [2.05, 4.69) is 10.5 Å². The molecule has 0 saturated carbocycles. The van der Waals surface area contributed by atoms with E-state index in [0.717, 1.165) is 25.0 Å². The van der Waals surface area contributed by atoms with E-state index in [0.29, 0.717) is 12.1 Å². The van der Waals surface area contributed by atoms with Gasteiger partial charge in [0, 0.05) is 17.5 Å². The molecule has 112 valence electrons. The van der Waals surface area contributed by atoms with Gasteiger partial charge in [-0.15, -0.1) is 0 Å². The van der Waals surface area contributed by atoms with Crippen LogP contribution in [0, 0.1) is 17.0 Å². The molecule has 6 heteroatoms. The van der Waals surface area contributed by atoms with Crippen LogP contribution in [0.25, 0.3) is 0 Å². The molecule has 0 amide bonds. The minimum atomic E-state index is -0.448. The van der Waals surface area contributed by atoms with Crippen LogP contribution in [0.4, 0.5) is 8.78 Å². The standard InChI is InChI=1S/C14H21F2N3O/c1-14(2,13(17)19-20)6-3-7-18-9-10-8-11(15)4-5-12(10)16/h4-5,8,18,20H,3,6-7,9H2,1-2H3,(H2,17,19). The Morgan fingerprint density at radius 2 is 2.10 bits per heavy atom. The van der Waals surface area contributed by atoms with Crippen molar-refractivity contribution in [3.8, 4) is 0 Å². The van der Waals surface area contributed by atoms with Crippen LogP contribution >= 0.6 is 0 Å². The van der Waals surface area contributed by atoms with Gasteiger partial charge in [-0.1, -0.05) is 19.0 Å². The fourth-order valence-corrected chi connectivity index (χ4v) is 1.82. The molecule has 0 unspecified atom stereocenters. The zero-order chi connectivity index (χ0) is 15.2. The van der Waals surface area contributed by atoms with Crippen LogP contribution in [-0.4, -0.2) is 17.6 Å². The van der Waals surface area contributed by atoms with Crippen molar-refractivity contribution in [3.05, 3.63) is 35.4 Å². The maximum Gasteiger partial charge on any atom is 0.144 e. The van der Waals surface area contributed by atoms with Crippen molar-refractivity contribution in [2.24, 2.45) is 16.3 Å². The number of hydrogen-bond acceptors (Lipinski definition) is 3. The highest BCUT2D eigenvalue weighted by Gasteiger charge is 2.22. The zero-order valence-corrected chi connectivity index (χ0v) is 11.8. The molecule has 0 aliphatic carbocycles. The van der Waals surface area contributed by atoms with Crippen molar-refractivity contribution < 1.29 is 14.0 Å². The highest BCUT2D eigenvalue weighted by atomic mass is 19.1. The van der Waals surface area contributed by atoms with Gasteiger partial charge in [0.2, 0.25) is 0 Å². The summed E-state index contributed by atoms with van der Waals surface area (Å²) in [6.07, 6.45) is 1.50. The first-order chi connectivity index (χ1) is 9.36. The number of amidine groups is 1. The van der Waals surface area contributed by atoms with Gasteiger partial charge in [-0.25, -0.2) is 8.78 Å². The lowest BCUT2D eigenvalue weighted by Crippen LogP contribution is -2.32. The van der Waals surface area contributed by atoms with E-state index in [1.54, 1.807) is 0 Å². The van der Waals surface area contributed by atoms with Gasteiger partial charge in [0.1, 0.15) is 17.5 Å². The number of oxime groups is 1. The average molecular weight is 285 g/mol. The molecule has 0 aliphatic rings. The number of benzene rings is 1. The first kappa shape index (κ1) is 16.4. The summed E-state index contributed by atoms with van der Waals surface area (Å²) in [6.45, 7) is 4.67. The molecule has 0 aromatic heterocycles. The van der Waals surface area contributed by atoms with E-state index in [1.165, 1.54) is 6.07 Å². The van der Waals surface area contributed by atoms with Crippen molar-refractivity contribution in [3.63, 3.8) is 0 Å². The second-order valence-electron chi connectivity index (χ2n) is 5.39. The summed E-state index contributed by atoms with van der Waals surface area (Å²) in [7, 11) is 0. The fraction of sp³-hybridized carbons (Fsp3) is 0.500. The van der Waals surface area contributed by atoms with Crippen LogP contribution in [0.2, 0.25) is 0 Å². The smallest absolute Gasteiger partial charge is 0.144 e. The Balaban J connectivity index is 2.34. The summed E-state index contributed by atoms with van der Waals surface area (Å²) in [6, 6.07) is 3.40. The maximum absolute atomic E-state index is 13.4. The molecule has 0 bridgehead atoms. The molecule has 4 N–H and O–H groups in total. The molecule has 0 saturated heterocycles. The first-order valence-electron chi connectivity index (χ1n) is 6.49. The van der Waals surface area contributed by atoms with E-state index in [9.17, 15) is 8.78 Å². The minimum absolute atomic E-state index is 0.189. The molecule has 0 fully saturated rings. The van der Waals surface area contributed by atoms with Gasteiger partial charge in [0.25, 0.3) is 0 Å². The number of halogens is 2. The van der Waals surface area contributed by atoms with E-state index in [1.807, 2.05) is 13.8 Å². The Kier molecular flexibility index (Phi) is 5.88. The van der Waals surface area contributed by atoms with Crippen LogP contribution in [0.1, 0.15) is 32.3 Å². The van der Waals surface area contributed by atoms with E-state index >= 15 is 0 Å². The highest BCUT2D eigenvalue weighted by molar-refractivity contribution is 5.85. The van der Waals surface area contributed by atoms with Crippen molar-refractivity contribution in [2.45, 2.75) is 33.2 Å². The third-order valence-corrected chi connectivity index (χ3v) is 3.28. The van der Waals surface area contributed by atoms with Gasteiger partial charge in [-0.2, -0.15) is 0 Å². The molecule has 0 radical (unpaired) electrons. The van der Waals surface area contributed by atoms with Gasteiger partial charge >= 0.3 is 0 Å². The minimum Gasteiger partial charge on any atom is -0.409 e. The Bertz CT molecular complexity index is 475. The van der Waals surface area contributed by atoms with Crippen LogP contribution < -0.4 is 11.1 Å². The number of nitrogens with one attached hydrogen (secondary N) is 1. The second-order valence-corrected chi connectivity index (χ2v) is 5.39. The molecule has 1 rings (SSSR count). The summed E-state index contributed by atoms with van der Waals surface area (Å²) in [4.78, 5) is 0. The summed E-state index contributed by atoms with van der Waals surface area (Å²) >= 11 is 0. The predicted molar refractivity (Wildman–Crippen MR) is 74.5 cm³/mol. The summed E-state index contributed by atoms with van der Waals surface area (Å²) in [5.41, 5.74) is 5.50. The Morgan fingerprint density at radius 3 is 2.75 bits per heavy atom. The predicted octanol–water partition coefficient (Wildman–Crippen LogP) is 2.61. The van der Waals surface area contributed by atoms with Gasteiger partial charge in [0.15, 0.2) is 0 Å². The molecule has 1 aromatic carbocycles. The van der Waals surface area contributed by atoms with Gasteiger partial charge in [-0.05, 0) is 37.6 Å². The molecule has 0 atom stereocenters. The summed E-state index contributed by atoms with van der Waals surface area (Å²) in [5.74, 6) is -0.680. The van der Waals surface area contributed by atoms with Crippen LogP contribution in [0.5, 0.6) is 0 Å². The van der Waals surface area contributed by atoms with Gasteiger partial charge in [-0.3, -0.25) is 0 Å². The second kappa shape index (κ2) is 7.19. The third-order valence-electron chi connectivity index (χ3n) is 3.28. The van der Waals surface area contributed by atoms with Crippen molar-refractivity contribution in [1.29, 1.82) is 0 Å². The monoisotopic (exact) mass is 285 g/mol. The van der Waals surface area contributed by atoms with Crippen LogP contribution in [-0.2, 0) is 6.54 Å². The highest BCUT2D eigenvalue weighted by Crippen LogP contribution is 2.21. The number of hydrogen-bond donors (Lipinski definition) is 3. The Labute approximate surface area is 117 Å². The van der Waals surface area contributed by atoms with Gasteiger partial charge in [0.05, 0.1) is 0 Å². The molecule has 0 aliphatic heterocycles. The lowest BCUT2D eigenvalue weighted by atomic mass is 9.86. The topological polar surface area (TPSA) is 70.6 Å². The van der Waals surface area contributed by atoms with E-state index in [4.69, 9.17) is 10.9 Å². The third kappa shape index (κ3) is 4.77. The Morgan fingerprint density at radius 1 is 1.40 bits per heavy atom. The molecule has 0 spiro atoms. The Hall–Kier alpha value is -1.69. The quantitative estimate of drug-likeness (QED) is 0.237. The van der Waals surface area contributed by atoms with Crippen LogP contribution in [0.3, 0.4) is 0 Å². The number of nitrogens with zero attached hydrogens (tertiary/aromatic N) is 1. The van der Waals surface area contributed by atoms with Gasteiger partial charge < -0.3 is 16.3 Å². The largest absolute Gasteiger partial charge is 0.409 e. The lowest BCUT2D eigenvalue weighted by molar-refractivity contribution is 0.304. The zero-order valence-electron chi connectivity index (χ0n) is 11.8.